The van der Waals surface area contributed by atoms with E-state index in [4.69, 9.17) is 4.74 Å². The Hall–Kier alpha value is -1.64. The average Bonchev–Trinajstić information content (AvgIpc) is 2.69. The highest BCUT2D eigenvalue weighted by molar-refractivity contribution is 5.65. The number of rotatable bonds is 7. The molecule has 0 bridgehead atoms. The van der Waals surface area contributed by atoms with E-state index in [0.29, 0.717) is 12.5 Å². The molecule has 1 aliphatic heterocycles. The Morgan fingerprint density at radius 2 is 1.73 bits per heavy atom. The van der Waals surface area contributed by atoms with Gasteiger partial charge in [-0.3, -0.25) is 0 Å². The zero-order valence-electron chi connectivity index (χ0n) is 16.6. The SMILES string of the molecule is CCC(C)(C)c1cc(COCC2CCNCC2)cc(-c2ccccc2)c1. The van der Waals surface area contributed by atoms with Crippen LogP contribution in [0, 0.1) is 5.92 Å². The molecule has 1 aliphatic rings. The van der Waals surface area contributed by atoms with Gasteiger partial charge in [0.25, 0.3) is 0 Å². The second-order valence-electron chi connectivity index (χ2n) is 8.23. The molecular weight excluding hydrogens is 318 g/mol. The minimum Gasteiger partial charge on any atom is -0.376 e. The van der Waals surface area contributed by atoms with Gasteiger partial charge in [0.05, 0.1) is 6.61 Å². The van der Waals surface area contributed by atoms with E-state index < -0.39 is 0 Å². The van der Waals surface area contributed by atoms with Crippen LogP contribution in [0.5, 0.6) is 0 Å². The summed E-state index contributed by atoms with van der Waals surface area (Å²) in [4.78, 5) is 0. The lowest BCUT2D eigenvalue weighted by Gasteiger charge is -2.25. The molecular formula is C24H33NO. The second-order valence-corrected chi connectivity index (χ2v) is 8.23. The first-order valence-electron chi connectivity index (χ1n) is 10.1. The molecule has 3 rings (SSSR count). The molecule has 2 heteroatoms. The number of hydrogen-bond acceptors (Lipinski definition) is 2. The van der Waals surface area contributed by atoms with Crippen molar-refractivity contribution in [2.75, 3.05) is 19.7 Å². The van der Waals surface area contributed by atoms with Crippen LogP contribution in [0.4, 0.5) is 0 Å². The maximum Gasteiger partial charge on any atom is 0.0717 e. The van der Waals surface area contributed by atoms with E-state index in [9.17, 15) is 0 Å². The molecule has 0 atom stereocenters. The molecule has 0 spiro atoms. The van der Waals surface area contributed by atoms with Crippen LogP contribution in [0.25, 0.3) is 11.1 Å². The Morgan fingerprint density at radius 3 is 2.42 bits per heavy atom. The number of piperidine rings is 1. The normalized spacial score (nSPS) is 16.0. The van der Waals surface area contributed by atoms with Crippen LogP contribution < -0.4 is 5.32 Å². The van der Waals surface area contributed by atoms with Crippen molar-refractivity contribution >= 4 is 0 Å². The summed E-state index contributed by atoms with van der Waals surface area (Å²) in [5, 5.41) is 3.42. The van der Waals surface area contributed by atoms with Gasteiger partial charge in [0.2, 0.25) is 0 Å². The second kappa shape index (κ2) is 8.83. The summed E-state index contributed by atoms with van der Waals surface area (Å²) in [5.74, 6) is 0.708. The smallest absolute Gasteiger partial charge is 0.0717 e. The summed E-state index contributed by atoms with van der Waals surface area (Å²) in [6, 6.07) is 17.7. The zero-order valence-corrected chi connectivity index (χ0v) is 16.6. The third kappa shape index (κ3) is 4.96. The van der Waals surface area contributed by atoms with E-state index in [1.165, 1.54) is 35.1 Å². The molecule has 1 fully saturated rings. The number of benzene rings is 2. The van der Waals surface area contributed by atoms with Crippen molar-refractivity contribution in [2.24, 2.45) is 5.92 Å². The summed E-state index contributed by atoms with van der Waals surface area (Å²) in [7, 11) is 0. The summed E-state index contributed by atoms with van der Waals surface area (Å²) < 4.78 is 6.12. The molecule has 0 radical (unpaired) electrons. The molecule has 0 amide bonds. The Labute approximate surface area is 159 Å². The fourth-order valence-corrected chi connectivity index (χ4v) is 3.56. The van der Waals surface area contributed by atoms with Gasteiger partial charge in [0.1, 0.15) is 0 Å². The summed E-state index contributed by atoms with van der Waals surface area (Å²) in [6.07, 6.45) is 3.59. The minimum absolute atomic E-state index is 0.175. The van der Waals surface area contributed by atoms with Crippen LogP contribution in [0.15, 0.2) is 48.5 Å². The highest BCUT2D eigenvalue weighted by atomic mass is 16.5. The Bertz CT molecular complexity index is 687. The largest absolute Gasteiger partial charge is 0.376 e. The van der Waals surface area contributed by atoms with Crippen LogP contribution >= 0.6 is 0 Å². The van der Waals surface area contributed by atoms with Gasteiger partial charge in [-0.15, -0.1) is 0 Å². The Morgan fingerprint density at radius 1 is 1.00 bits per heavy atom. The molecule has 2 aromatic carbocycles. The predicted octanol–water partition coefficient (Wildman–Crippen LogP) is 5.56. The van der Waals surface area contributed by atoms with E-state index in [1.54, 1.807) is 0 Å². The Kier molecular flexibility index (Phi) is 6.50. The maximum absolute atomic E-state index is 6.12. The predicted molar refractivity (Wildman–Crippen MR) is 110 cm³/mol. The highest BCUT2D eigenvalue weighted by Crippen LogP contribution is 2.32. The van der Waals surface area contributed by atoms with Crippen LogP contribution in [0.3, 0.4) is 0 Å². The zero-order chi connectivity index (χ0) is 18.4. The van der Waals surface area contributed by atoms with Gasteiger partial charge in [0.15, 0.2) is 0 Å². The van der Waals surface area contributed by atoms with Gasteiger partial charge in [0, 0.05) is 6.61 Å². The van der Waals surface area contributed by atoms with Gasteiger partial charge in [-0.05, 0) is 72.0 Å². The van der Waals surface area contributed by atoms with Gasteiger partial charge < -0.3 is 10.1 Å². The van der Waals surface area contributed by atoms with Crippen molar-refractivity contribution in [3.05, 3.63) is 59.7 Å². The van der Waals surface area contributed by atoms with Crippen molar-refractivity contribution in [3.8, 4) is 11.1 Å². The summed E-state index contributed by atoms with van der Waals surface area (Å²) >= 11 is 0. The first-order valence-corrected chi connectivity index (χ1v) is 10.1. The van der Waals surface area contributed by atoms with Crippen molar-refractivity contribution in [1.29, 1.82) is 0 Å². The molecule has 0 unspecified atom stereocenters. The number of nitrogens with one attached hydrogen (secondary N) is 1. The van der Waals surface area contributed by atoms with Crippen LogP contribution in [0.1, 0.15) is 51.2 Å². The van der Waals surface area contributed by atoms with Crippen LogP contribution in [-0.2, 0) is 16.8 Å². The van der Waals surface area contributed by atoms with Gasteiger partial charge in [-0.2, -0.15) is 0 Å². The highest BCUT2D eigenvalue weighted by Gasteiger charge is 2.20. The van der Waals surface area contributed by atoms with Crippen molar-refractivity contribution in [3.63, 3.8) is 0 Å². The maximum atomic E-state index is 6.12. The lowest BCUT2D eigenvalue weighted by Crippen LogP contribution is -2.29. The molecule has 2 aromatic rings. The van der Waals surface area contributed by atoms with Gasteiger partial charge in [-0.25, -0.2) is 0 Å². The lowest BCUT2D eigenvalue weighted by molar-refractivity contribution is 0.0763. The Balaban J connectivity index is 1.78. The van der Waals surface area contributed by atoms with E-state index in [2.05, 4.69) is 74.6 Å². The molecule has 0 saturated carbocycles. The average molecular weight is 352 g/mol. The molecule has 0 aromatic heterocycles. The number of ether oxygens (including phenoxy) is 1. The fraction of sp³-hybridized carbons (Fsp3) is 0.500. The molecule has 2 nitrogen and oxygen atoms in total. The summed E-state index contributed by atoms with van der Waals surface area (Å²) in [6.45, 7) is 10.8. The molecule has 0 aliphatic carbocycles. The first-order chi connectivity index (χ1) is 12.6. The summed E-state index contributed by atoms with van der Waals surface area (Å²) in [5.41, 5.74) is 5.44. The molecule has 1 heterocycles. The van der Waals surface area contributed by atoms with Gasteiger partial charge in [-0.1, -0.05) is 63.2 Å². The van der Waals surface area contributed by atoms with E-state index in [0.717, 1.165) is 26.1 Å². The topological polar surface area (TPSA) is 21.3 Å². The van der Waals surface area contributed by atoms with Crippen LogP contribution in [0.2, 0.25) is 0 Å². The van der Waals surface area contributed by atoms with E-state index in [1.807, 2.05) is 0 Å². The fourth-order valence-electron chi connectivity index (χ4n) is 3.56. The van der Waals surface area contributed by atoms with Crippen molar-refractivity contribution in [1.82, 2.24) is 5.32 Å². The van der Waals surface area contributed by atoms with E-state index >= 15 is 0 Å². The number of hydrogen-bond donors (Lipinski definition) is 1. The van der Waals surface area contributed by atoms with Crippen LogP contribution in [-0.4, -0.2) is 19.7 Å². The third-order valence-electron chi connectivity index (χ3n) is 5.85. The molecule has 26 heavy (non-hydrogen) atoms. The first kappa shape index (κ1) is 19.1. The lowest BCUT2D eigenvalue weighted by atomic mass is 9.80. The van der Waals surface area contributed by atoms with Crippen molar-refractivity contribution in [2.45, 2.75) is 52.1 Å². The van der Waals surface area contributed by atoms with Crippen molar-refractivity contribution < 1.29 is 4.74 Å². The quantitative estimate of drug-likeness (QED) is 0.705. The standard InChI is InChI=1S/C24H33NO/c1-4-24(2,3)23-15-20(18-26-17-19-10-12-25-13-11-19)14-22(16-23)21-8-6-5-7-9-21/h5-9,14-16,19,25H,4,10-13,17-18H2,1-3H3. The monoisotopic (exact) mass is 351 g/mol. The van der Waals surface area contributed by atoms with Gasteiger partial charge >= 0.3 is 0 Å². The van der Waals surface area contributed by atoms with E-state index in [-0.39, 0.29) is 5.41 Å². The molecule has 1 N–H and O–H groups in total. The molecule has 1 saturated heterocycles. The third-order valence-corrected chi connectivity index (χ3v) is 5.85. The minimum atomic E-state index is 0.175. The molecule has 140 valence electrons.